The molecule has 0 aliphatic heterocycles. The molecule has 1 aliphatic carbocycles. The molecule has 10 heavy (non-hydrogen) atoms. The maximum Gasteiger partial charge on any atom is 0.312 e. The monoisotopic (exact) mass is 131 g/mol. The van der Waals surface area contributed by atoms with E-state index in [1.165, 1.54) is 0 Å². The molecule has 0 bridgehead atoms. The number of hydrogen-bond acceptors (Lipinski definition) is 1. The summed E-state index contributed by atoms with van der Waals surface area (Å²) in [5.74, 6) is -0.394. The zero-order chi connectivity index (χ0) is 7.40. The van der Waals surface area contributed by atoms with Crippen LogP contribution < -0.4 is 0 Å². The SMILES string of the molecule is N#CC1C=CC=CC1=[N+]=[N-]. The average molecular weight is 131 g/mol. The highest BCUT2D eigenvalue weighted by Gasteiger charge is 2.18. The van der Waals surface area contributed by atoms with Crippen LogP contribution in [0.1, 0.15) is 0 Å². The maximum atomic E-state index is 8.47. The van der Waals surface area contributed by atoms with Crippen molar-refractivity contribution in [3.05, 3.63) is 29.8 Å². The van der Waals surface area contributed by atoms with Gasteiger partial charge in [-0.15, -0.1) is 0 Å². The second kappa shape index (κ2) is 2.77. The van der Waals surface area contributed by atoms with Gasteiger partial charge in [0.2, 0.25) is 0 Å². The topological polar surface area (TPSA) is 60.2 Å². The lowest BCUT2D eigenvalue weighted by Gasteiger charge is -1.95. The van der Waals surface area contributed by atoms with E-state index in [0.717, 1.165) is 0 Å². The summed E-state index contributed by atoms with van der Waals surface area (Å²) in [6, 6.07) is 1.98. The molecule has 3 nitrogen and oxygen atoms in total. The molecule has 48 valence electrons. The molecular formula is C7H5N3. The average Bonchev–Trinajstić information content (AvgIpc) is 2.04. The molecule has 0 saturated carbocycles. The van der Waals surface area contributed by atoms with Crippen molar-refractivity contribution >= 4 is 5.71 Å². The number of nitrogens with zero attached hydrogens (tertiary/aromatic N) is 3. The van der Waals surface area contributed by atoms with Crippen molar-refractivity contribution in [3.8, 4) is 6.07 Å². The van der Waals surface area contributed by atoms with E-state index in [1.807, 2.05) is 6.07 Å². The normalized spacial score (nSPS) is 21.9. The van der Waals surface area contributed by atoms with E-state index in [-0.39, 0.29) is 0 Å². The second-order valence-electron chi connectivity index (χ2n) is 1.88. The van der Waals surface area contributed by atoms with E-state index in [9.17, 15) is 0 Å². The van der Waals surface area contributed by atoms with Crippen LogP contribution in [0.25, 0.3) is 5.53 Å². The van der Waals surface area contributed by atoms with E-state index in [2.05, 4.69) is 4.79 Å². The van der Waals surface area contributed by atoms with Gasteiger partial charge in [-0.3, -0.25) is 0 Å². The Morgan fingerprint density at radius 3 is 2.90 bits per heavy atom. The molecule has 0 aromatic heterocycles. The molecule has 0 heterocycles. The molecule has 1 rings (SSSR count). The van der Waals surface area contributed by atoms with Crippen LogP contribution in [-0.4, -0.2) is 10.5 Å². The summed E-state index contributed by atoms with van der Waals surface area (Å²) in [4.78, 5) is 2.96. The van der Waals surface area contributed by atoms with Crippen LogP contribution in [-0.2, 0) is 0 Å². The van der Waals surface area contributed by atoms with Crippen LogP contribution in [0, 0.1) is 17.2 Å². The van der Waals surface area contributed by atoms with Crippen LogP contribution in [0.2, 0.25) is 0 Å². The van der Waals surface area contributed by atoms with Crippen LogP contribution in [0.3, 0.4) is 0 Å². The Hall–Kier alpha value is -1.65. The fourth-order valence-electron chi connectivity index (χ4n) is 0.736. The third kappa shape index (κ3) is 1.02. The zero-order valence-electron chi connectivity index (χ0n) is 5.23. The van der Waals surface area contributed by atoms with Gasteiger partial charge in [0.25, 0.3) is 0 Å². The predicted octanol–water partition coefficient (Wildman–Crippen LogP) is 0.923. The summed E-state index contributed by atoms with van der Waals surface area (Å²) >= 11 is 0. The van der Waals surface area contributed by atoms with E-state index < -0.39 is 5.92 Å². The van der Waals surface area contributed by atoms with Crippen LogP contribution in [0.4, 0.5) is 0 Å². The first kappa shape index (κ1) is 6.47. The van der Waals surface area contributed by atoms with Crippen molar-refractivity contribution in [2.75, 3.05) is 0 Å². The molecule has 0 aromatic rings. The number of allylic oxidation sites excluding steroid dienone is 4. The zero-order valence-corrected chi connectivity index (χ0v) is 5.23. The van der Waals surface area contributed by atoms with E-state index >= 15 is 0 Å². The van der Waals surface area contributed by atoms with E-state index in [0.29, 0.717) is 5.71 Å². The quantitative estimate of drug-likeness (QED) is 0.356. The van der Waals surface area contributed by atoms with Gasteiger partial charge in [-0.25, -0.2) is 0 Å². The second-order valence-corrected chi connectivity index (χ2v) is 1.88. The third-order valence-corrected chi connectivity index (χ3v) is 1.25. The molecule has 1 aliphatic rings. The van der Waals surface area contributed by atoms with Crippen molar-refractivity contribution in [1.29, 1.82) is 5.26 Å². The molecule has 0 aromatic carbocycles. The van der Waals surface area contributed by atoms with Gasteiger partial charge in [0.1, 0.15) is 0 Å². The van der Waals surface area contributed by atoms with Gasteiger partial charge in [0.05, 0.1) is 6.07 Å². The minimum Gasteiger partial charge on any atom is -0.361 e. The Morgan fingerprint density at radius 1 is 1.60 bits per heavy atom. The summed E-state index contributed by atoms with van der Waals surface area (Å²) in [6.45, 7) is 0. The molecule has 1 unspecified atom stereocenters. The molecule has 3 heteroatoms. The van der Waals surface area contributed by atoms with Crippen LogP contribution in [0.5, 0.6) is 0 Å². The highest BCUT2D eigenvalue weighted by molar-refractivity contribution is 5.96. The van der Waals surface area contributed by atoms with E-state index in [1.54, 1.807) is 24.3 Å². The fourth-order valence-corrected chi connectivity index (χ4v) is 0.736. The smallest absolute Gasteiger partial charge is 0.312 e. The molecule has 0 N–H and O–H groups in total. The Bertz CT molecular complexity index is 274. The van der Waals surface area contributed by atoms with Gasteiger partial charge < -0.3 is 5.53 Å². The highest BCUT2D eigenvalue weighted by Crippen LogP contribution is 2.05. The fraction of sp³-hybridized carbons (Fsp3) is 0.143. The summed E-state index contributed by atoms with van der Waals surface area (Å²) in [5.41, 5.74) is 8.74. The molecule has 0 radical (unpaired) electrons. The standard InChI is InChI=1S/C7H5N3/c8-5-6-3-1-2-4-7(6)10-9/h1-4,6H. The van der Waals surface area contributed by atoms with Crippen molar-refractivity contribution in [2.24, 2.45) is 5.92 Å². The first-order valence-corrected chi connectivity index (χ1v) is 2.85. The lowest BCUT2D eigenvalue weighted by molar-refractivity contribution is -0.00751. The molecule has 0 amide bonds. The van der Waals surface area contributed by atoms with Crippen molar-refractivity contribution in [1.82, 2.24) is 0 Å². The number of rotatable bonds is 0. The van der Waals surface area contributed by atoms with E-state index in [4.69, 9.17) is 10.8 Å². The summed E-state index contributed by atoms with van der Waals surface area (Å²) < 4.78 is 0. The minimum atomic E-state index is -0.394. The largest absolute Gasteiger partial charge is 0.361 e. The first-order valence-electron chi connectivity index (χ1n) is 2.85. The van der Waals surface area contributed by atoms with Gasteiger partial charge in [-0.2, -0.15) is 10.1 Å². The molecule has 0 saturated heterocycles. The van der Waals surface area contributed by atoms with Gasteiger partial charge in [-0.1, -0.05) is 18.2 Å². The Labute approximate surface area is 58.5 Å². The van der Waals surface area contributed by atoms with Crippen molar-refractivity contribution < 1.29 is 4.79 Å². The Balaban J connectivity index is 2.98. The van der Waals surface area contributed by atoms with Crippen LogP contribution >= 0.6 is 0 Å². The highest BCUT2D eigenvalue weighted by atomic mass is 14.9. The summed E-state index contributed by atoms with van der Waals surface area (Å²) in [7, 11) is 0. The van der Waals surface area contributed by atoms with Crippen LogP contribution in [0.15, 0.2) is 24.3 Å². The van der Waals surface area contributed by atoms with Gasteiger partial charge >= 0.3 is 5.71 Å². The Kier molecular flexibility index (Phi) is 1.79. The minimum absolute atomic E-state index is 0.394. The molecule has 0 spiro atoms. The number of nitriles is 1. The first-order chi connectivity index (χ1) is 4.88. The van der Waals surface area contributed by atoms with Gasteiger partial charge in [0.15, 0.2) is 5.92 Å². The lowest BCUT2D eigenvalue weighted by Crippen LogP contribution is -2.10. The molecular weight excluding hydrogens is 126 g/mol. The Morgan fingerprint density at radius 2 is 2.40 bits per heavy atom. The third-order valence-electron chi connectivity index (χ3n) is 1.25. The van der Waals surface area contributed by atoms with Gasteiger partial charge in [0, 0.05) is 6.08 Å². The predicted molar refractivity (Wildman–Crippen MR) is 36.0 cm³/mol. The molecule has 1 atom stereocenters. The maximum absolute atomic E-state index is 8.47. The lowest BCUT2D eigenvalue weighted by atomic mass is 10.0. The molecule has 0 fully saturated rings. The summed E-state index contributed by atoms with van der Waals surface area (Å²) in [6.07, 6.45) is 6.76. The van der Waals surface area contributed by atoms with Gasteiger partial charge in [-0.05, 0) is 0 Å². The van der Waals surface area contributed by atoms with Crippen molar-refractivity contribution in [3.63, 3.8) is 0 Å². The summed E-state index contributed by atoms with van der Waals surface area (Å²) in [5, 5.41) is 8.47. The van der Waals surface area contributed by atoms with Crippen molar-refractivity contribution in [2.45, 2.75) is 0 Å². The number of hydrogen-bond donors (Lipinski definition) is 0.